The number of ether oxygens (including phenoxy) is 1. The Bertz CT molecular complexity index is 482. The van der Waals surface area contributed by atoms with Crippen molar-refractivity contribution >= 4 is 22.4 Å². The summed E-state index contributed by atoms with van der Waals surface area (Å²) >= 11 is 1.40. The molecule has 1 N–H and O–H groups in total. The fourth-order valence-corrected chi connectivity index (χ4v) is 3.31. The topological polar surface area (TPSA) is 70.6 Å². The highest BCUT2D eigenvalue weighted by Crippen LogP contribution is 2.15. The zero-order valence-electron chi connectivity index (χ0n) is 13.5. The van der Waals surface area contributed by atoms with E-state index >= 15 is 0 Å². The van der Waals surface area contributed by atoms with Crippen LogP contribution in [0, 0.1) is 6.92 Å². The maximum atomic E-state index is 12.1. The molecule has 1 atom stereocenters. The number of amides is 1. The van der Waals surface area contributed by atoms with E-state index in [9.17, 15) is 4.79 Å². The van der Waals surface area contributed by atoms with E-state index in [0.717, 1.165) is 44.2 Å². The molecule has 1 saturated heterocycles. The van der Waals surface area contributed by atoms with Crippen molar-refractivity contribution in [3.05, 3.63) is 5.01 Å². The van der Waals surface area contributed by atoms with Crippen LogP contribution in [0.1, 0.15) is 18.4 Å². The normalized spacial score (nSPS) is 20.2. The van der Waals surface area contributed by atoms with E-state index in [-0.39, 0.29) is 5.91 Å². The number of hydrogen-bond donors (Lipinski definition) is 1. The maximum Gasteiger partial charge on any atom is 0.240 e. The summed E-state index contributed by atoms with van der Waals surface area (Å²) in [5.74, 6) is -0.0173. The molecule has 22 heavy (non-hydrogen) atoms. The number of hydrogen-bond acceptors (Lipinski definition) is 7. The van der Waals surface area contributed by atoms with Gasteiger partial charge in [0, 0.05) is 39.3 Å². The molecule has 0 saturated carbocycles. The summed E-state index contributed by atoms with van der Waals surface area (Å²) in [5.41, 5.74) is 0. The summed E-state index contributed by atoms with van der Waals surface area (Å²) in [5, 5.41) is 12.1. The number of carbonyl (C=O) groups is 1. The van der Waals surface area contributed by atoms with Crippen molar-refractivity contribution in [3.8, 4) is 0 Å². The van der Waals surface area contributed by atoms with Gasteiger partial charge >= 0.3 is 0 Å². The molecular formula is C14H25N5O2S. The average molecular weight is 327 g/mol. The van der Waals surface area contributed by atoms with Crippen molar-refractivity contribution in [2.24, 2.45) is 0 Å². The molecular weight excluding hydrogens is 302 g/mol. The quantitative estimate of drug-likeness (QED) is 0.800. The predicted octanol–water partition coefficient (Wildman–Crippen LogP) is 0.828. The van der Waals surface area contributed by atoms with Crippen molar-refractivity contribution in [1.82, 2.24) is 20.0 Å². The third-order valence-electron chi connectivity index (χ3n) is 3.88. The zero-order chi connectivity index (χ0) is 15.9. The molecule has 1 unspecified atom stereocenters. The van der Waals surface area contributed by atoms with Gasteiger partial charge in [-0.3, -0.25) is 19.9 Å². The van der Waals surface area contributed by atoms with Crippen LogP contribution in [0.25, 0.3) is 0 Å². The van der Waals surface area contributed by atoms with Gasteiger partial charge in [0.25, 0.3) is 0 Å². The lowest BCUT2D eigenvalue weighted by atomic mass is 10.1. The fraction of sp³-hybridized carbons (Fsp3) is 0.786. The Hall–Kier alpha value is -1.09. The lowest BCUT2D eigenvalue weighted by Gasteiger charge is -2.40. The van der Waals surface area contributed by atoms with Crippen LogP contribution in [-0.4, -0.2) is 78.4 Å². The first-order valence-electron chi connectivity index (χ1n) is 7.67. The van der Waals surface area contributed by atoms with Gasteiger partial charge in [-0.25, -0.2) is 0 Å². The minimum Gasteiger partial charge on any atom is -0.383 e. The number of piperazine rings is 1. The van der Waals surface area contributed by atoms with E-state index in [1.807, 2.05) is 6.92 Å². The van der Waals surface area contributed by atoms with Gasteiger partial charge < -0.3 is 4.74 Å². The van der Waals surface area contributed by atoms with Gasteiger partial charge in [0.1, 0.15) is 5.01 Å². The summed E-state index contributed by atoms with van der Waals surface area (Å²) in [4.78, 5) is 16.8. The molecule has 124 valence electrons. The fourth-order valence-electron chi connectivity index (χ4n) is 2.70. The van der Waals surface area contributed by atoms with E-state index in [0.29, 0.717) is 17.7 Å². The third-order valence-corrected chi connectivity index (χ3v) is 4.64. The van der Waals surface area contributed by atoms with Crippen molar-refractivity contribution in [2.45, 2.75) is 26.3 Å². The molecule has 0 radical (unpaired) electrons. The highest BCUT2D eigenvalue weighted by Gasteiger charge is 2.26. The Morgan fingerprint density at radius 1 is 1.45 bits per heavy atom. The van der Waals surface area contributed by atoms with E-state index in [4.69, 9.17) is 4.74 Å². The van der Waals surface area contributed by atoms with Gasteiger partial charge in [0.15, 0.2) is 0 Å². The molecule has 0 aliphatic carbocycles. The second kappa shape index (κ2) is 8.52. The van der Waals surface area contributed by atoms with E-state index in [1.165, 1.54) is 11.3 Å². The number of methoxy groups -OCH3 is 1. The lowest BCUT2D eigenvalue weighted by molar-refractivity contribution is -0.118. The van der Waals surface area contributed by atoms with Crippen LogP contribution in [0.2, 0.25) is 0 Å². The molecule has 1 fully saturated rings. The van der Waals surface area contributed by atoms with Crippen LogP contribution in [0.15, 0.2) is 0 Å². The number of nitrogens with zero attached hydrogens (tertiary/aromatic N) is 4. The molecule has 8 heteroatoms. The number of carbonyl (C=O) groups excluding carboxylic acids is 1. The zero-order valence-corrected chi connectivity index (χ0v) is 14.4. The first-order valence-corrected chi connectivity index (χ1v) is 8.49. The molecule has 1 aromatic rings. The predicted molar refractivity (Wildman–Crippen MR) is 87.2 cm³/mol. The van der Waals surface area contributed by atoms with Crippen LogP contribution in [-0.2, 0) is 9.53 Å². The third kappa shape index (κ3) is 4.98. The van der Waals surface area contributed by atoms with Gasteiger partial charge in [0.05, 0.1) is 13.2 Å². The average Bonchev–Trinajstić information content (AvgIpc) is 2.90. The van der Waals surface area contributed by atoms with Crippen molar-refractivity contribution in [2.75, 3.05) is 51.8 Å². The largest absolute Gasteiger partial charge is 0.383 e. The first-order chi connectivity index (χ1) is 10.6. The van der Waals surface area contributed by atoms with Gasteiger partial charge in [-0.05, 0) is 13.3 Å². The van der Waals surface area contributed by atoms with E-state index in [2.05, 4.69) is 32.2 Å². The molecule has 0 bridgehead atoms. The van der Waals surface area contributed by atoms with Crippen molar-refractivity contribution in [3.63, 3.8) is 0 Å². The number of aromatic nitrogens is 2. The van der Waals surface area contributed by atoms with E-state index in [1.54, 1.807) is 7.11 Å². The molecule has 1 aliphatic heterocycles. The Labute approximate surface area is 135 Å². The lowest BCUT2D eigenvalue weighted by Crippen LogP contribution is -2.54. The van der Waals surface area contributed by atoms with Gasteiger partial charge in [0.2, 0.25) is 11.0 Å². The summed E-state index contributed by atoms with van der Waals surface area (Å²) in [6.07, 6.45) is 1.08. The second-order valence-corrected chi connectivity index (χ2v) is 6.68. The highest BCUT2D eigenvalue weighted by atomic mass is 32.1. The van der Waals surface area contributed by atoms with Crippen LogP contribution in [0.4, 0.5) is 5.13 Å². The Kier molecular flexibility index (Phi) is 6.69. The van der Waals surface area contributed by atoms with Gasteiger partial charge in [-0.2, -0.15) is 0 Å². The monoisotopic (exact) mass is 327 g/mol. The minimum absolute atomic E-state index is 0.0173. The Morgan fingerprint density at radius 3 is 2.91 bits per heavy atom. The van der Waals surface area contributed by atoms with Crippen LogP contribution in [0.5, 0.6) is 0 Å². The molecule has 1 aliphatic rings. The molecule has 1 aromatic heterocycles. The molecule has 1 amide bonds. The summed E-state index contributed by atoms with van der Waals surface area (Å²) < 4.78 is 5.17. The van der Waals surface area contributed by atoms with Crippen LogP contribution >= 0.6 is 11.3 Å². The van der Waals surface area contributed by atoms with Crippen molar-refractivity contribution in [1.29, 1.82) is 0 Å². The summed E-state index contributed by atoms with van der Waals surface area (Å²) in [6.45, 7) is 8.99. The highest BCUT2D eigenvalue weighted by molar-refractivity contribution is 7.15. The SMILES string of the molecule is CCC1CN(CC(=O)Nc2nnc(C)s2)CCN1CCOC. The standard InChI is InChI=1S/C14H25N5O2S/c1-4-12-9-18(5-6-19(12)7-8-21-3)10-13(20)15-14-17-16-11(2)22-14/h12H,4-10H2,1-3H3,(H,15,17,20). The number of anilines is 1. The summed E-state index contributed by atoms with van der Waals surface area (Å²) in [7, 11) is 1.73. The van der Waals surface area contributed by atoms with Crippen LogP contribution in [0.3, 0.4) is 0 Å². The van der Waals surface area contributed by atoms with Crippen LogP contribution < -0.4 is 5.32 Å². The molecule has 0 aromatic carbocycles. The number of aryl methyl sites for hydroxylation is 1. The maximum absolute atomic E-state index is 12.1. The van der Waals surface area contributed by atoms with E-state index < -0.39 is 0 Å². The number of nitrogens with one attached hydrogen (secondary N) is 1. The van der Waals surface area contributed by atoms with Crippen molar-refractivity contribution < 1.29 is 9.53 Å². The first kappa shape index (κ1) is 17.3. The van der Waals surface area contributed by atoms with Gasteiger partial charge in [-0.1, -0.05) is 18.3 Å². The van der Waals surface area contributed by atoms with Gasteiger partial charge in [-0.15, -0.1) is 10.2 Å². The summed E-state index contributed by atoms with van der Waals surface area (Å²) in [6, 6.07) is 0.487. The molecule has 0 spiro atoms. The molecule has 7 nitrogen and oxygen atoms in total. The second-order valence-electron chi connectivity index (χ2n) is 5.50. The Morgan fingerprint density at radius 2 is 2.27 bits per heavy atom. The molecule has 2 heterocycles. The smallest absolute Gasteiger partial charge is 0.240 e. The minimum atomic E-state index is -0.0173. The number of rotatable bonds is 7. The molecule has 2 rings (SSSR count). The Balaban J connectivity index is 1.80.